The Kier molecular flexibility index (Phi) is 5.25. The molecule has 0 saturated carbocycles. The van der Waals surface area contributed by atoms with Crippen molar-refractivity contribution in [3.63, 3.8) is 0 Å². The Bertz CT molecular complexity index is 684. The van der Waals surface area contributed by atoms with E-state index in [1.807, 2.05) is 40.0 Å². The van der Waals surface area contributed by atoms with Crippen LogP contribution < -0.4 is 4.74 Å². The van der Waals surface area contributed by atoms with Crippen molar-refractivity contribution in [2.75, 3.05) is 19.7 Å². The van der Waals surface area contributed by atoms with E-state index in [0.717, 1.165) is 25.8 Å². The molecule has 1 atom stereocenters. The number of amides is 1. The van der Waals surface area contributed by atoms with Gasteiger partial charge >= 0.3 is 0 Å². The summed E-state index contributed by atoms with van der Waals surface area (Å²) in [4.78, 5) is 14.8. The van der Waals surface area contributed by atoms with Crippen molar-refractivity contribution >= 4 is 5.91 Å². The first-order valence-corrected chi connectivity index (χ1v) is 8.27. The van der Waals surface area contributed by atoms with Gasteiger partial charge in [0, 0.05) is 19.3 Å². The molecule has 0 N–H and O–H groups in total. The van der Waals surface area contributed by atoms with Gasteiger partial charge < -0.3 is 9.64 Å². The number of aromatic nitrogens is 3. The van der Waals surface area contributed by atoms with Crippen LogP contribution in [0.3, 0.4) is 0 Å². The lowest BCUT2D eigenvalue weighted by molar-refractivity contribution is 0.0756. The topological polar surface area (TPSA) is 60.2 Å². The fourth-order valence-electron chi connectivity index (χ4n) is 3.05. The third-order valence-electron chi connectivity index (χ3n) is 4.27. The lowest BCUT2D eigenvalue weighted by atomic mass is 10.1. The van der Waals surface area contributed by atoms with Gasteiger partial charge in [0.05, 0.1) is 17.8 Å². The molecule has 24 heavy (non-hydrogen) atoms. The van der Waals surface area contributed by atoms with Gasteiger partial charge in [-0.05, 0) is 31.4 Å². The molecular formula is C18H22N4O2. The Labute approximate surface area is 141 Å². The molecule has 3 rings (SSSR count). The molecule has 6 nitrogen and oxygen atoms in total. The van der Waals surface area contributed by atoms with Crippen molar-refractivity contribution in [2.24, 2.45) is 0 Å². The van der Waals surface area contributed by atoms with Gasteiger partial charge in [-0.2, -0.15) is 0 Å². The second-order valence-corrected chi connectivity index (χ2v) is 5.86. The molecule has 0 spiro atoms. The van der Waals surface area contributed by atoms with Gasteiger partial charge in [-0.25, -0.2) is 4.68 Å². The van der Waals surface area contributed by atoms with Crippen molar-refractivity contribution in [1.82, 2.24) is 19.9 Å². The van der Waals surface area contributed by atoms with Crippen LogP contribution >= 0.6 is 0 Å². The van der Waals surface area contributed by atoms with Crippen LogP contribution in [0.25, 0.3) is 0 Å². The van der Waals surface area contributed by atoms with Gasteiger partial charge in [-0.3, -0.25) is 4.79 Å². The normalized spacial score (nSPS) is 18.0. The molecule has 0 unspecified atom stereocenters. The van der Waals surface area contributed by atoms with E-state index in [-0.39, 0.29) is 5.91 Å². The SMILES string of the molecule is C=CCOc1ccccc1C(=O)N1CCC[C@@H](n2ccnn2)CC1. The fraction of sp³-hybridized carbons (Fsp3) is 0.389. The largest absolute Gasteiger partial charge is 0.489 e. The number of nitrogens with zero attached hydrogens (tertiary/aromatic N) is 4. The number of carbonyl (C=O) groups excluding carboxylic acids is 1. The summed E-state index contributed by atoms with van der Waals surface area (Å²) in [6, 6.07) is 7.69. The summed E-state index contributed by atoms with van der Waals surface area (Å²) in [6.45, 7) is 5.50. The molecule has 0 bridgehead atoms. The quantitative estimate of drug-likeness (QED) is 0.793. The maximum absolute atomic E-state index is 12.9. The molecule has 0 aliphatic carbocycles. The highest BCUT2D eigenvalue weighted by atomic mass is 16.5. The van der Waals surface area contributed by atoms with Crippen molar-refractivity contribution < 1.29 is 9.53 Å². The Morgan fingerprint density at radius 1 is 1.33 bits per heavy atom. The molecule has 1 aliphatic rings. The predicted octanol–water partition coefficient (Wildman–Crippen LogP) is 2.71. The van der Waals surface area contributed by atoms with Gasteiger partial charge in [0.2, 0.25) is 0 Å². The lowest BCUT2D eigenvalue weighted by Crippen LogP contribution is -2.32. The summed E-state index contributed by atoms with van der Waals surface area (Å²) in [5.41, 5.74) is 0.610. The van der Waals surface area contributed by atoms with Crippen LogP contribution in [0.2, 0.25) is 0 Å². The summed E-state index contributed by atoms with van der Waals surface area (Å²) in [5, 5.41) is 7.97. The average molecular weight is 326 g/mol. The van der Waals surface area contributed by atoms with Crippen LogP contribution in [0.1, 0.15) is 35.7 Å². The summed E-state index contributed by atoms with van der Waals surface area (Å²) in [7, 11) is 0. The van der Waals surface area contributed by atoms with Gasteiger partial charge in [-0.1, -0.05) is 30.0 Å². The Balaban J connectivity index is 1.70. The molecular weight excluding hydrogens is 304 g/mol. The van der Waals surface area contributed by atoms with E-state index >= 15 is 0 Å². The van der Waals surface area contributed by atoms with Crippen LogP contribution in [0.4, 0.5) is 0 Å². The van der Waals surface area contributed by atoms with E-state index in [1.165, 1.54) is 0 Å². The third-order valence-corrected chi connectivity index (χ3v) is 4.27. The number of benzene rings is 1. The van der Waals surface area contributed by atoms with E-state index in [9.17, 15) is 4.79 Å². The maximum atomic E-state index is 12.9. The molecule has 0 radical (unpaired) electrons. The van der Waals surface area contributed by atoms with E-state index in [2.05, 4.69) is 16.9 Å². The molecule has 2 heterocycles. The molecule has 126 valence electrons. The number of rotatable bonds is 5. The van der Waals surface area contributed by atoms with Crippen molar-refractivity contribution in [3.8, 4) is 5.75 Å². The molecule has 1 aromatic heterocycles. The van der Waals surface area contributed by atoms with Gasteiger partial charge in [-0.15, -0.1) is 5.10 Å². The smallest absolute Gasteiger partial charge is 0.257 e. The van der Waals surface area contributed by atoms with Crippen LogP contribution in [-0.4, -0.2) is 45.5 Å². The minimum absolute atomic E-state index is 0.0221. The Morgan fingerprint density at radius 3 is 3.00 bits per heavy atom. The number of likely N-dealkylation sites (tertiary alicyclic amines) is 1. The van der Waals surface area contributed by atoms with Crippen LogP contribution in [0.5, 0.6) is 5.75 Å². The third kappa shape index (κ3) is 3.64. The minimum Gasteiger partial charge on any atom is -0.489 e. The molecule has 6 heteroatoms. The maximum Gasteiger partial charge on any atom is 0.257 e. The molecule has 1 aromatic carbocycles. The molecule has 2 aromatic rings. The summed E-state index contributed by atoms with van der Waals surface area (Å²) < 4.78 is 7.52. The number of ether oxygens (including phenoxy) is 1. The van der Waals surface area contributed by atoms with E-state index in [4.69, 9.17) is 4.74 Å². The highest BCUT2D eigenvalue weighted by Gasteiger charge is 2.24. The monoisotopic (exact) mass is 326 g/mol. The number of hydrogen-bond donors (Lipinski definition) is 0. The van der Waals surface area contributed by atoms with Gasteiger partial charge in [0.1, 0.15) is 12.4 Å². The van der Waals surface area contributed by atoms with Crippen LogP contribution in [0.15, 0.2) is 49.3 Å². The number of para-hydroxylation sites is 1. The highest BCUT2D eigenvalue weighted by Crippen LogP contribution is 2.25. The first-order valence-electron chi connectivity index (χ1n) is 8.27. The van der Waals surface area contributed by atoms with E-state index in [1.54, 1.807) is 12.3 Å². The number of hydrogen-bond acceptors (Lipinski definition) is 4. The highest BCUT2D eigenvalue weighted by molar-refractivity contribution is 5.97. The standard InChI is InChI=1S/C18H22N4O2/c1-2-14-24-17-8-4-3-7-16(17)18(23)21-11-5-6-15(9-12-21)22-13-10-19-20-22/h2-4,7-8,10,13,15H,1,5-6,9,11-12,14H2/t15-/m1/s1. The summed E-state index contributed by atoms with van der Waals surface area (Å²) >= 11 is 0. The van der Waals surface area contributed by atoms with Crippen LogP contribution in [-0.2, 0) is 0 Å². The van der Waals surface area contributed by atoms with Crippen LogP contribution in [0, 0.1) is 0 Å². The van der Waals surface area contributed by atoms with Crippen molar-refractivity contribution in [2.45, 2.75) is 25.3 Å². The molecule has 1 amide bonds. The lowest BCUT2D eigenvalue weighted by Gasteiger charge is -2.22. The summed E-state index contributed by atoms with van der Waals surface area (Å²) in [5.74, 6) is 0.633. The van der Waals surface area contributed by atoms with Gasteiger partial charge in [0.25, 0.3) is 5.91 Å². The zero-order chi connectivity index (χ0) is 16.8. The second-order valence-electron chi connectivity index (χ2n) is 5.86. The van der Waals surface area contributed by atoms with Crippen molar-refractivity contribution in [1.29, 1.82) is 0 Å². The summed E-state index contributed by atoms with van der Waals surface area (Å²) in [6.07, 6.45) is 8.09. The van der Waals surface area contributed by atoms with E-state index in [0.29, 0.717) is 30.5 Å². The zero-order valence-electron chi connectivity index (χ0n) is 13.7. The Morgan fingerprint density at radius 2 is 2.21 bits per heavy atom. The second kappa shape index (κ2) is 7.77. The first kappa shape index (κ1) is 16.2. The van der Waals surface area contributed by atoms with Crippen molar-refractivity contribution in [3.05, 3.63) is 54.9 Å². The zero-order valence-corrected chi connectivity index (χ0v) is 13.7. The number of carbonyl (C=O) groups is 1. The predicted molar refractivity (Wildman–Crippen MR) is 90.9 cm³/mol. The molecule has 1 aliphatic heterocycles. The molecule has 1 fully saturated rings. The molecule has 1 saturated heterocycles. The fourth-order valence-corrected chi connectivity index (χ4v) is 3.05. The van der Waals surface area contributed by atoms with E-state index < -0.39 is 0 Å². The van der Waals surface area contributed by atoms with Gasteiger partial charge in [0.15, 0.2) is 0 Å². The first-order chi connectivity index (χ1) is 11.8. The Hall–Kier alpha value is -2.63. The minimum atomic E-state index is 0.0221. The average Bonchev–Trinajstić information content (AvgIpc) is 3.04.